The molecule has 0 unspecified atom stereocenters. The summed E-state index contributed by atoms with van der Waals surface area (Å²) in [5.41, 5.74) is 6.15. The maximum Gasteiger partial charge on any atom is 0.0102 e. The normalized spacial score (nSPS) is 29.1. The highest BCUT2D eigenvalue weighted by molar-refractivity contribution is 4.71. The molecule has 0 amide bonds. The van der Waals surface area contributed by atoms with Gasteiger partial charge in [0.1, 0.15) is 0 Å². The fourth-order valence-corrected chi connectivity index (χ4v) is 2.33. The Balaban J connectivity index is 2.03. The van der Waals surface area contributed by atoms with Crippen LogP contribution in [0.15, 0.2) is 0 Å². The number of rotatable bonds is 5. The van der Waals surface area contributed by atoms with Crippen LogP contribution in [0.2, 0.25) is 0 Å². The highest BCUT2D eigenvalue weighted by Gasteiger charge is 2.19. The predicted molar refractivity (Wildman–Crippen MR) is 57.4 cm³/mol. The molecule has 1 saturated carbocycles. The van der Waals surface area contributed by atoms with Crippen LogP contribution < -0.4 is 10.9 Å². The van der Waals surface area contributed by atoms with E-state index in [1.165, 1.54) is 38.5 Å². The molecular weight excluding hydrogens is 160 g/mol. The van der Waals surface area contributed by atoms with Crippen molar-refractivity contribution in [1.29, 1.82) is 0 Å². The Morgan fingerprint density at radius 3 is 2.23 bits per heavy atom. The van der Waals surface area contributed by atoms with Gasteiger partial charge in [0, 0.05) is 6.54 Å². The Kier molecular flexibility index (Phi) is 5.40. The molecule has 0 saturated heterocycles. The fraction of sp³-hybridized carbons (Fsp3) is 1.00. The lowest BCUT2D eigenvalue weighted by atomic mass is 9.79. The molecule has 1 fully saturated rings. The number of nitrogens with one attached hydrogen (secondary N) is 2. The number of hydrogen-bond acceptors (Lipinski definition) is 2. The maximum absolute atomic E-state index is 3.17. The van der Waals surface area contributed by atoms with E-state index in [1.54, 1.807) is 0 Å². The first-order chi connectivity index (χ1) is 6.36. The molecule has 2 nitrogen and oxygen atoms in total. The second-order valence-corrected chi connectivity index (χ2v) is 4.26. The van der Waals surface area contributed by atoms with Gasteiger partial charge in [-0.15, -0.1) is 0 Å². The molecule has 13 heavy (non-hydrogen) atoms. The minimum atomic E-state index is 0.989. The summed E-state index contributed by atoms with van der Waals surface area (Å²) in [6.07, 6.45) is 8.61. The minimum absolute atomic E-state index is 0.989. The lowest BCUT2D eigenvalue weighted by molar-refractivity contribution is 0.255. The van der Waals surface area contributed by atoms with Crippen molar-refractivity contribution in [2.24, 2.45) is 11.8 Å². The molecular formula is C11H24N2. The van der Waals surface area contributed by atoms with Crippen LogP contribution in [0.3, 0.4) is 0 Å². The van der Waals surface area contributed by atoms with Crippen molar-refractivity contribution >= 4 is 0 Å². The molecule has 0 atom stereocenters. The summed E-state index contributed by atoms with van der Waals surface area (Å²) in [7, 11) is 1.94. The summed E-state index contributed by atoms with van der Waals surface area (Å²) in [6, 6.07) is 0. The average Bonchev–Trinajstić information content (AvgIpc) is 2.19. The van der Waals surface area contributed by atoms with Gasteiger partial charge in [0.2, 0.25) is 0 Å². The summed E-state index contributed by atoms with van der Waals surface area (Å²) >= 11 is 0. The third-order valence-corrected chi connectivity index (χ3v) is 3.40. The van der Waals surface area contributed by atoms with E-state index in [2.05, 4.69) is 17.8 Å². The molecule has 0 spiro atoms. The number of hydrazine groups is 1. The lowest BCUT2D eigenvalue weighted by Crippen LogP contribution is -2.30. The molecule has 1 aliphatic rings. The van der Waals surface area contributed by atoms with Gasteiger partial charge < -0.3 is 0 Å². The van der Waals surface area contributed by atoms with Crippen LogP contribution in [-0.4, -0.2) is 13.6 Å². The molecule has 2 N–H and O–H groups in total. The largest absolute Gasteiger partial charge is 0.261 e. The molecule has 0 heterocycles. The lowest BCUT2D eigenvalue weighted by Gasteiger charge is -2.27. The van der Waals surface area contributed by atoms with E-state index in [1.807, 2.05) is 7.05 Å². The van der Waals surface area contributed by atoms with E-state index < -0.39 is 0 Å². The van der Waals surface area contributed by atoms with Crippen LogP contribution >= 0.6 is 0 Å². The molecule has 1 rings (SSSR count). The summed E-state index contributed by atoms with van der Waals surface area (Å²) in [6.45, 7) is 3.45. The van der Waals surface area contributed by atoms with Gasteiger partial charge in [-0.3, -0.25) is 10.9 Å². The van der Waals surface area contributed by atoms with Crippen molar-refractivity contribution in [3.63, 3.8) is 0 Å². The first-order valence-electron chi connectivity index (χ1n) is 5.76. The standard InChI is InChI=1S/C11H24N2/c1-3-10-4-6-11(7-5-10)8-9-13-12-2/h10-13H,3-9H2,1-2H3/t10-,11-. The van der Waals surface area contributed by atoms with E-state index in [-0.39, 0.29) is 0 Å². The van der Waals surface area contributed by atoms with Crippen molar-refractivity contribution in [2.45, 2.75) is 45.4 Å². The quantitative estimate of drug-likeness (QED) is 0.506. The first-order valence-corrected chi connectivity index (χ1v) is 5.76. The van der Waals surface area contributed by atoms with Gasteiger partial charge in [-0.05, 0) is 25.3 Å². The molecule has 1 aliphatic carbocycles. The van der Waals surface area contributed by atoms with Crippen molar-refractivity contribution in [2.75, 3.05) is 13.6 Å². The topological polar surface area (TPSA) is 24.1 Å². The van der Waals surface area contributed by atoms with E-state index >= 15 is 0 Å². The van der Waals surface area contributed by atoms with Gasteiger partial charge >= 0.3 is 0 Å². The summed E-state index contributed by atoms with van der Waals surface area (Å²) < 4.78 is 0. The summed E-state index contributed by atoms with van der Waals surface area (Å²) in [4.78, 5) is 0. The molecule has 78 valence electrons. The number of hydrogen-bond donors (Lipinski definition) is 2. The Labute approximate surface area is 82.5 Å². The Bertz CT molecular complexity index is 115. The molecule has 0 aromatic rings. The van der Waals surface area contributed by atoms with Crippen molar-refractivity contribution in [1.82, 2.24) is 10.9 Å². The van der Waals surface area contributed by atoms with Crippen LogP contribution in [0.25, 0.3) is 0 Å². The molecule has 0 bridgehead atoms. The predicted octanol–water partition coefficient (Wildman–Crippen LogP) is 2.32. The fourth-order valence-electron chi connectivity index (χ4n) is 2.33. The van der Waals surface area contributed by atoms with Crippen molar-refractivity contribution < 1.29 is 0 Å². The molecule has 0 aromatic carbocycles. The van der Waals surface area contributed by atoms with Gasteiger partial charge in [-0.25, -0.2) is 0 Å². The van der Waals surface area contributed by atoms with Gasteiger partial charge in [-0.1, -0.05) is 39.0 Å². The minimum Gasteiger partial charge on any atom is -0.261 e. The highest BCUT2D eigenvalue weighted by Crippen LogP contribution is 2.31. The molecule has 2 heteroatoms. The van der Waals surface area contributed by atoms with Gasteiger partial charge in [0.05, 0.1) is 0 Å². The molecule has 0 aromatic heterocycles. The molecule has 0 aliphatic heterocycles. The zero-order valence-electron chi connectivity index (χ0n) is 9.10. The highest BCUT2D eigenvalue weighted by atomic mass is 15.3. The van der Waals surface area contributed by atoms with Crippen LogP contribution in [0, 0.1) is 11.8 Å². The van der Waals surface area contributed by atoms with Crippen molar-refractivity contribution in [3.05, 3.63) is 0 Å². The third kappa shape index (κ3) is 4.10. The maximum atomic E-state index is 3.17. The van der Waals surface area contributed by atoms with Gasteiger partial charge in [-0.2, -0.15) is 0 Å². The zero-order chi connectivity index (χ0) is 9.52. The monoisotopic (exact) mass is 184 g/mol. The first kappa shape index (κ1) is 11.0. The van der Waals surface area contributed by atoms with Crippen LogP contribution in [0.5, 0.6) is 0 Å². The SMILES string of the molecule is CC[C@H]1CC[C@H](CCNNC)CC1. The summed E-state index contributed by atoms with van der Waals surface area (Å²) in [5.74, 6) is 2.03. The van der Waals surface area contributed by atoms with E-state index in [9.17, 15) is 0 Å². The smallest absolute Gasteiger partial charge is 0.0102 e. The van der Waals surface area contributed by atoms with Crippen LogP contribution in [-0.2, 0) is 0 Å². The second-order valence-electron chi connectivity index (χ2n) is 4.26. The third-order valence-electron chi connectivity index (χ3n) is 3.40. The molecule has 0 radical (unpaired) electrons. The zero-order valence-corrected chi connectivity index (χ0v) is 9.10. The summed E-state index contributed by atoms with van der Waals surface area (Å²) in [5, 5.41) is 0. The Hall–Kier alpha value is -0.0800. The average molecular weight is 184 g/mol. The Morgan fingerprint density at radius 2 is 1.69 bits per heavy atom. The Morgan fingerprint density at radius 1 is 1.08 bits per heavy atom. The van der Waals surface area contributed by atoms with Gasteiger partial charge in [0.25, 0.3) is 0 Å². The van der Waals surface area contributed by atoms with Crippen LogP contribution in [0.1, 0.15) is 45.4 Å². The van der Waals surface area contributed by atoms with E-state index in [4.69, 9.17) is 0 Å². The second kappa shape index (κ2) is 6.39. The van der Waals surface area contributed by atoms with Gasteiger partial charge in [0.15, 0.2) is 0 Å². The van der Waals surface area contributed by atoms with E-state index in [0.717, 1.165) is 18.4 Å². The van der Waals surface area contributed by atoms with Crippen LogP contribution in [0.4, 0.5) is 0 Å². The van der Waals surface area contributed by atoms with E-state index in [0.29, 0.717) is 0 Å². The van der Waals surface area contributed by atoms with Crippen molar-refractivity contribution in [3.8, 4) is 0 Å².